The zero-order chi connectivity index (χ0) is 17.6. The second-order valence-corrected chi connectivity index (χ2v) is 6.83. The molecule has 25 heavy (non-hydrogen) atoms. The van der Waals surface area contributed by atoms with Gasteiger partial charge in [-0.15, -0.1) is 0 Å². The maximum atomic E-state index is 13.3. The second kappa shape index (κ2) is 6.15. The van der Waals surface area contributed by atoms with Crippen LogP contribution in [0, 0.1) is 12.7 Å². The molecule has 0 radical (unpaired) electrons. The van der Waals surface area contributed by atoms with Crippen molar-refractivity contribution in [2.75, 3.05) is 13.1 Å². The van der Waals surface area contributed by atoms with Gasteiger partial charge in [0.1, 0.15) is 5.82 Å². The van der Waals surface area contributed by atoms with Crippen molar-refractivity contribution >= 4 is 5.91 Å². The number of carbonyl (C=O) groups excluding carboxylic acids is 1. The van der Waals surface area contributed by atoms with Gasteiger partial charge in [0.05, 0.1) is 11.9 Å². The van der Waals surface area contributed by atoms with Crippen LogP contribution in [-0.4, -0.2) is 50.9 Å². The van der Waals surface area contributed by atoms with E-state index in [1.165, 1.54) is 23.0 Å². The molecule has 2 saturated heterocycles. The number of hydrogen-bond donors (Lipinski definition) is 2. The standard InChI is InChI=1S/C18H21FN4O2/c1-11-8-12(19)2-5-15(11)22-10-16(24)17(21-22)18(25)23-13-3-4-14(23)9-20-7-6-13/h2,5,8,10,13-14,20,24H,3-4,6-7,9H2,1H3. The molecule has 132 valence electrons. The van der Waals surface area contributed by atoms with Gasteiger partial charge in [-0.25, -0.2) is 9.07 Å². The zero-order valence-electron chi connectivity index (χ0n) is 14.1. The summed E-state index contributed by atoms with van der Waals surface area (Å²) in [5.74, 6) is -0.708. The van der Waals surface area contributed by atoms with E-state index in [0.717, 1.165) is 32.4 Å². The third-order valence-corrected chi connectivity index (χ3v) is 5.19. The third kappa shape index (κ3) is 2.78. The molecule has 2 N–H and O–H groups in total. The minimum absolute atomic E-state index is 0.0579. The molecular formula is C18H21FN4O2. The summed E-state index contributed by atoms with van der Waals surface area (Å²) >= 11 is 0. The normalized spacial score (nSPS) is 22.9. The Kier molecular flexibility index (Phi) is 3.95. The number of carbonyl (C=O) groups is 1. The van der Waals surface area contributed by atoms with Gasteiger partial charge in [0.2, 0.25) is 0 Å². The van der Waals surface area contributed by atoms with Crippen molar-refractivity contribution in [2.45, 2.75) is 38.3 Å². The maximum absolute atomic E-state index is 13.3. The summed E-state index contributed by atoms with van der Waals surface area (Å²) in [7, 11) is 0. The fourth-order valence-corrected chi connectivity index (χ4v) is 3.95. The first kappa shape index (κ1) is 16.1. The lowest BCUT2D eigenvalue weighted by Gasteiger charge is -2.27. The lowest BCUT2D eigenvalue weighted by Crippen LogP contribution is -2.42. The smallest absolute Gasteiger partial charge is 0.278 e. The van der Waals surface area contributed by atoms with Gasteiger partial charge in [-0.1, -0.05) is 0 Å². The Morgan fingerprint density at radius 1 is 1.32 bits per heavy atom. The maximum Gasteiger partial charge on any atom is 0.278 e. The number of nitrogens with one attached hydrogen (secondary N) is 1. The molecule has 4 rings (SSSR count). The number of aromatic nitrogens is 2. The van der Waals surface area contributed by atoms with Gasteiger partial charge in [0.25, 0.3) is 5.91 Å². The summed E-state index contributed by atoms with van der Waals surface area (Å²) in [4.78, 5) is 14.9. The van der Waals surface area contributed by atoms with E-state index >= 15 is 0 Å². The highest BCUT2D eigenvalue weighted by atomic mass is 19.1. The molecule has 2 aliphatic heterocycles. The molecule has 2 fully saturated rings. The number of aromatic hydroxyl groups is 1. The Bertz CT molecular complexity index is 805. The van der Waals surface area contributed by atoms with Crippen molar-refractivity contribution in [1.29, 1.82) is 0 Å². The Hall–Kier alpha value is -2.41. The van der Waals surface area contributed by atoms with Crippen LogP contribution in [0.15, 0.2) is 24.4 Å². The van der Waals surface area contributed by atoms with Crippen LogP contribution in [0.4, 0.5) is 4.39 Å². The molecule has 1 aromatic heterocycles. The van der Waals surface area contributed by atoms with Gasteiger partial charge in [-0.05, 0) is 56.5 Å². The highest BCUT2D eigenvalue weighted by Gasteiger charge is 2.40. The quantitative estimate of drug-likeness (QED) is 0.874. The first-order chi connectivity index (χ1) is 12.0. The van der Waals surface area contributed by atoms with E-state index < -0.39 is 0 Å². The Balaban J connectivity index is 1.67. The van der Waals surface area contributed by atoms with Crippen LogP contribution in [0.1, 0.15) is 35.3 Å². The summed E-state index contributed by atoms with van der Waals surface area (Å²) in [5, 5.41) is 17.9. The predicted octanol–water partition coefficient (Wildman–Crippen LogP) is 1.99. The predicted molar refractivity (Wildman–Crippen MR) is 90.4 cm³/mol. The number of halogens is 1. The lowest BCUT2D eigenvalue weighted by molar-refractivity contribution is 0.0670. The van der Waals surface area contributed by atoms with Gasteiger partial charge < -0.3 is 15.3 Å². The molecule has 2 unspecified atom stereocenters. The first-order valence-electron chi connectivity index (χ1n) is 8.63. The summed E-state index contributed by atoms with van der Waals surface area (Å²) < 4.78 is 14.7. The molecule has 2 aromatic rings. The molecule has 2 aliphatic rings. The lowest BCUT2D eigenvalue weighted by atomic mass is 10.1. The summed E-state index contributed by atoms with van der Waals surface area (Å²) in [6, 6.07) is 4.67. The second-order valence-electron chi connectivity index (χ2n) is 6.83. The van der Waals surface area contributed by atoms with Crippen molar-refractivity contribution in [3.8, 4) is 11.4 Å². The fraction of sp³-hybridized carbons (Fsp3) is 0.444. The fourth-order valence-electron chi connectivity index (χ4n) is 3.95. The Morgan fingerprint density at radius 3 is 2.92 bits per heavy atom. The highest BCUT2D eigenvalue weighted by Crippen LogP contribution is 2.31. The van der Waals surface area contributed by atoms with E-state index in [2.05, 4.69) is 10.4 Å². The number of amides is 1. The molecule has 0 spiro atoms. The van der Waals surface area contributed by atoms with Crippen LogP contribution in [0.25, 0.3) is 5.69 Å². The van der Waals surface area contributed by atoms with E-state index in [9.17, 15) is 14.3 Å². The van der Waals surface area contributed by atoms with E-state index in [0.29, 0.717) is 11.3 Å². The number of benzene rings is 1. The van der Waals surface area contributed by atoms with Gasteiger partial charge in [0.15, 0.2) is 11.4 Å². The van der Waals surface area contributed by atoms with Crippen LogP contribution in [-0.2, 0) is 0 Å². The molecule has 0 aliphatic carbocycles. The molecule has 0 saturated carbocycles. The van der Waals surface area contributed by atoms with Crippen LogP contribution in [0.3, 0.4) is 0 Å². The topological polar surface area (TPSA) is 70.4 Å². The van der Waals surface area contributed by atoms with Gasteiger partial charge in [0, 0.05) is 18.6 Å². The first-order valence-corrected chi connectivity index (χ1v) is 8.63. The van der Waals surface area contributed by atoms with E-state index in [1.54, 1.807) is 13.0 Å². The molecule has 3 heterocycles. The average Bonchev–Trinajstić information content (AvgIpc) is 3.05. The average molecular weight is 344 g/mol. The van der Waals surface area contributed by atoms with Crippen LogP contribution in [0.2, 0.25) is 0 Å². The number of hydrogen-bond acceptors (Lipinski definition) is 4. The van der Waals surface area contributed by atoms with Gasteiger partial charge in [-0.3, -0.25) is 4.79 Å². The molecular weight excluding hydrogens is 323 g/mol. The van der Waals surface area contributed by atoms with Crippen LogP contribution in [0.5, 0.6) is 5.75 Å². The monoisotopic (exact) mass is 344 g/mol. The van der Waals surface area contributed by atoms with E-state index in [4.69, 9.17) is 0 Å². The Morgan fingerprint density at radius 2 is 2.12 bits per heavy atom. The van der Waals surface area contributed by atoms with Crippen molar-refractivity contribution in [1.82, 2.24) is 20.0 Å². The van der Waals surface area contributed by atoms with Crippen molar-refractivity contribution in [2.24, 2.45) is 0 Å². The molecule has 7 heteroatoms. The molecule has 6 nitrogen and oxygen atoms in total. The number of fused-ring (bicyclic) bond motifs is 2. The zero-order valence-corrected chi connectivity index (χ0v) is 14.1. The van der Waals surface area contributed by atoms with Crippen LogP contribution < -0.4 is 5.32 Å². The SMILES string of the molecule is Cc1cc(F)ccc1-n1cc(O)c(C(=O)N2C3CCNCC2CC3)n1. The van der Waals surface area contributed by atoms with Crippen LogP contribution >= 0.6 is 0 Å². The molecule has 1 aromatic carbocycles. The van der Waals surface area contributed by atoms with Gasteiger partial charge >= 0.3 is 0 Å². The molecule has 2 atom stereocenters. The highest BCUT2D eigenvalue weighted by molar-refractivity contribution is 5.95. The summed E-state index contributed by atoms with van der Waals surface area (Å²) in [6.45, 7) is 3.44. The number of aryl methyl sites for hydroxylation is 1. The molecule has 1 amide bonds. The number of nitrogens with zero attached hydrogens (tertiary/aromatic N) is 3. The minimum atomic E-state index is -0.331. The third-order valence-electron chi connectivity index (χ3n) is 5.19. The summed E-state index contributed by atoms with van der Waals surface area (Å²) in [6.07, 6.45) is 4.30. The van der Waals surface area contributed by atoms with Crippen molar-refractivity contribution in [3.05, 3.63) is 41.5 Å². The Labute approximate surface area is 145 Å². The minimum Gasteiger partial charge on any atom is -0.504 e. The van der Waals surface area contributed by atoms with Crippen molar-refractivity contribution in [3.63, 3.8) is 0 Å². The summed E-state index contributed by atoms with van der Waals surface area (Å²) in [5.41, 5.74) is 1.37. The molecule has 2 bridgehead atoms. The van der Waals surface area contributed by atoms with E-state index in [1.807, 2.05) is 4.90 Å². The van der Waals surface area contributed by atoms with E-state index in [-0.39, 0.29) is 35.3 Å². The van der Waals surface area contributed by atoms with Crippen molar-refractivity contribution < 1.29 is 14.3 Å². The largest absolute Gasteiger partial charge is 0.504 e. The number of rotatable bonds is 2. The van der Waals surface area contributed by atoms with Gasteiger partial charge in [-0.2, -0.15) is 5.10 Å².